The number of aromatic nitrogens is 3. The van der Waals surface area contributed by atoms with Crippen molar-refractivity contribution in [3.63, 3.8) is 0 Å². The minimum absolute atomic E-state index is 0.0773. The maximum atomic E-state index is 12.8. The van der Waals surface area contributed by atoms with Crippen molar-refractivity contribution in [1.82, 2.24) is 25.0 Å². The van der Waals surface area contributed by atoms with Crippen LogP contribution in [-0.2, 0) is 6.54 Å². The van der Waals surface area contributed by atoms with Gasteiger partial charge in [0, 0.05) is 37.5 Å². The fourth-order valence-corrected chi connectivity index (χ4v) is 5.10. The molecule has 1 aliphatic heterocycles. The van der Waals surface area contributed by atoms with Gasteiger partial charge in [0.1, 0.15) is 10.6 Å². The third kappa shape index (κ3) is 5.62. The molecule has 0 saturated carbocycles. The van der Waals surface area contributed by atoms with Gasteiger partial charge in [-0.2, -0.15) is 5.10 Å². The fraction of sp³-hybridized carbons (Fsp3) is 0.259. The number of urea groups is 1. The summed E-state index contributed by atoms with van der Waals surface area (Å²) < 4.78 is 1.86. The lowest BCUT2D eigenvalue weighted by Gasteiger charge is -2.17. The highest BCUT2D eigenvalue weighted by molar-refractivity contribution is 7.17. The number of hydrogen-bond donors (Lipinski definition) is 4. The second-order valence-electron chi connectivity index (χ2n) is 9.22. The molecule has 196 valence electrons. The molecule has 1 aliphatic rings. The Kier molecular flexibility index (Phi) is 7.27. The highest BCUT2D eigenvalue weighted by atomic mass is 32.1. The van der Waals surface area contributed by atoms with E-state index < -0.39 is 0 Å². The molecular weight excluding hydrogens is 502 g/mol. The van der Waals surface area contributed by atoms with Gasteiger partial charge in [0.15, 0.2) is 10.9 Å². The number of phenolic OH excluding ortho intramolecular Hbond substituents is 1. The normalized spacial score (nSPS) is 14.9. The molecule has 10 nitrogen and oxygen atoms in total. The molecule has 1 atom stereocenters. The van der Waals surface area contributed by atoms with E-state index in [9.17, 15) is 14.7 Å². The van der Waals surface area contributed by atoms with Crippen LogP contribution in [0.4, 0.5) is 21.4 Å². The highest BCUT2D eigenvalue weighted by Gasteiger charge is 2.28. The van der Waals surface area contributed by atoms with E-state index in [0.717, 1.165) is 17.5 Å². The monoisotopic (exact) mass is 531 g/mol. The Balaban J connectivity index is 1.15. The summed E-state index contributed by atoms with van der Waals surface area (Å²) in [4.78, 5) is 31.9. The van der Waals surface area contributed by atoms with Crippen LogP contribution < -0.4 is 16.0 Å². The van der Waals surface area contributed by atoms with Gasteiger partial charge in [-0.25, -0.2) is 9.78 Å². The minimum atomic E-state index is -0.297. The molecule has 4 N–H and O–H groups in total. The SMILES string of the molecule is Cc1ccc(O)c(C)c1NC(=O)c1cnc(Nc2ccn([C@@H]3CCN(C(=O)NCc4ccccc4)C3)n2)s1. The number of aryl methyl sites for hydroxylation is 1. The largest absolute Gasteiger partial charge is 0.508 e. The molecule has 1 fully saturated rings. The first kappa shape index (κ1) is 25.3. The second-order valence-corrected chi connectivity index (χ2v) is 10.3. The summed E-state index contributed by atoms with van der Waals surface area (Å²) in [5.74, 6) is 0.443. The number of hydrogen-bond acceptors (Lipinski definition) is 7. The summed E-state index contributed by atoms with van der Waals surface area (Å²) >= 11 is 1.21. The quantitative estimate of drug-likeness (QED) is 0.271. The lowest BCUT2D eigenvalue weighted by Crippen LogP contribution is -2.38. The predicted molar refractivity (Wildman–Crippen MR) is 147 cm³/mol. The zero-order valence-electron chi connectivity index (χ0n) is 21.1. The molecule has 11 heteroatoms. The van der Waals surface area contributed by atoms with Gasteiger partial charge in [0.05, 0.1) is 17.9 Å². The molecule has 3 heterocycles. The van der Waals surface area contributed by atoms with Crippen LogP contribution in [0.1, 0.15) is 38.8 Å². The van der Waals surface area contributed by atoms with E-state index in [0.29, 0.717) is 46.7 Å². The second kappa shape index (κ2) is 10.9. The van der Waals surface area contributed by atoms with Crippen LogP contribution in [-0.4, -0.2) is 49.8 Å². The number of likely N-dealkylation sites (tertiary alicyclic amines) is 1. The average Bonchev–Trinajstić information content (AvgIpc) is 3.69. The Hall–Kier alpha value is -4.38. The third-order valence-corrected chi connectivity index (χ3v) is 7.48. The maximum Gasteiger partial charge on any atom is 0.317 e. The minimum Gasteiger partial charge on any atom is -0.508 e. The van der Waals surface area contributed by atoms with Gasteiger partial charge in [-0.15, -0.1) is 0 Å². The number of nitrogens with zero attached hydrogens (tertiary/aromatic N) is 4. The Morgan fingerprint density at radius 1 is 1.13 bits per heavy atom. The Morgan fingerprint density at radius 3 is 2.76 bits per heavy atom. The molecule has 5 rings (SSSR count). The predicted octanol–water partition coefficient (Wildman–Crippen LogP) is 4.81. The molecule has 0 aliphatic carbocycles. The van der Waals surface area contributed by atoms with Crippen LogP contribution in [0.3, 0.4) is 0 Å². The number of anilines is 3. The summed E-state index contributed by atoms with van der Waals surface area (Å²) in [7, 11) is 0. The maximum absolute atomic E-state index is 12.8. The zero-order chi connectivity index (χ0) is 26.6. The summed E-state index contributed by atoms with van der Waals surface area (Å²) in [5.41, 5.74) is 3.13. The summed E-state index contributed by atoms with van der Waals surface area (Å²) in [6.07, 6.45) is 4.21. The molecule has 2 aromatic carbocycles. The van der Waals surface area contributed by atoms with Crippen molar-refractivity contribution in [2.24, 2.45) is 0 Å². The number of benzene rings is 2. The molecule has 4 aromatic rings. The van der Waals surface area contributed by atoms with Gasteiger partial charge in [-0.3, -0.25) is 9.48 Å². The van der Waals surface area contributed by atoms with Crippen LogP contribution in [0.5, 0.6) is 5.75 Å². The smallest absolute Gasteiger partial charge is 0.317 e. The van der Waals surface area contributed by atoms with Crippen molar-refractivity contribution in [1.29, 1.82) is 0 Å². The van der Waals surface area contributed by atoms with E-state index in [-0.39, 0.29) is 23.7 Å². The Bertz CT molecular complexity index is 1450. The molecule has 0 spiro atoms. The van der Waals surface area contributed by atoms with Crippen LogP contribution in [0.15, 0.2) is 60.9 Å². The first-order valence-corrected chi connectivity index (χ1v) is 13.1. The van der Waals surface area contributed by atoms with E-state index in [2.05, 4.69) is 26.0 Å². The molecule has 38 heavy (non-hydrogen) atoms. The highest BCUT2D eigenvalue weighted by Crippen LogP contribution is 2.30. The third-order valence-electron chi connectivity index (χ3n) is 6.57. The number of nitrogens with one attached hydrogen (secondary N) is 3. The number of amides is 3. The molecule has 2 aromatic heterocycles. The van der Waals surface area contributed by atoms with Crippen molar-refractivity contribution >= 4 is 39.9 Å². The number of phenols is 1. The van der Waals surface area contributed by atoms with E-state index in [4.69, 9.17) is 0 Å². The van der Waals surface area contributed by atoms with E-state index in [1.807, 2.05) is 59.1 Å². The van der Waals surface area contributed by atoms with E-state index in [1.165, 1.54) is 17.5 Å². The molecule has 0 radical (unpaired) electrons. The molecule has 0 bridgehead atoms. The van der Waals surface area contributed by atoms with Crippen LogP contribution in [0.2, 0.25) is 0 Å². The van der Waals surface area contributed by atoms with Crippen LogP contribution in [0, 0.1) is 13.8 Å². The summed E-state index contributed by atoms with van der Waals surface area (Å²) in [6.45, 7) is 5.37. The number of thiazole rings is 1. The van der Waals surface area contributed by atoms with Crippen LogP contribution in [0.25, 0.3) is 0 Å². The Morgan fingerprint density at radius 2 is 1.95 bits per heavy atom. The lowest BCUT2D eigenvalue weighted by molar-refractivity contribution is 0.103. The molecular formula is C27H29N7O3S. The first-order chi connectivity index (χ1) is 18.4. The van der Waals surface area contributed by atoms with Crippen molar-refractivity contribution in [2.75, 3.05) is 23.7 Å². The number of carbonyl (C=O) groups is 2. The van der Waals surface area contributed by atoms with Gasteiger partial charge in [-0.05, 0) is 37.5 Å². The van der Waals surface area contributed by atoms with Gasteiger partial charge in [0.2, 0.25) is 0 Å². The van der Waals surface area contributed by atoms with Gasteiger partial charge >= 0.3 is 6.03 Å². The van der Waals surface area contributed by atoms with Crippen molar-refractivity contribution in [3.05, 3.63) is 82.5 Å². The topological polar surface area (TPSA) is 124 Å². The Labute approximate surface area is 224 Å². The molecule has 1 saturated heterocycles. The number of rotatable bonds is 7. The van der Waals surface area contributed by atoms with E-state index in [1.54, 1.807) is 19.1 Å². The van der Waals surface area contributed by atoms with E-state index >= 15 is 0 Å². The molecule has 3 amide bonds. The fourth-order valence-electron chi connectivity index (χ4n) is 4.39. The van der Waals surface area contributed by atoms with Gasteiger partial charge in [0.25, 0.3) is 5.91 Å². The van der Waals surface area contributed by atoms with Crippen LogP contribution >= 0.6 is 11.3 Å². The summed E-state index contributed by atoms with van der Waals surface area (Å²) in [5, 5.41) is 24.1. The summed E-state index contributed by atoms with van der Waals surface area (Å²) in [6, 6.07) is 15.1. The average molecular weight is 532 g/mol. The lowest BCUT2D eigenvalue weighted by atomic mass is 10.1. The number of aromatic hydroxyl groups is 1. The first-order valence-electron chi connectivity index (χ1n) is 12.3. The van der Waals surface area contributed by atoms with Gasteiger partial charge < -0.3 is 26.0 Å². The van der Waals surface area contributed by atoms with Crippen molar-refractivity contribution < 1.29 is 14.7 Å². The number of carbonyl (C=O) groups excluding carboxylic acids is 2. The van der Waals surface area contributed by atoms with Crippen molar-refractivity contribution in [2.45, 2.75) is 32.9 Å². The molecule has 0 unspecified atom stereocenters. The standard InChI is InChI=1S/C27H29N7O3S/c1-17-8-9-21(35)18(2)24(17)31-25(36)22-15-28-26(38-22)30-23-11-13-34(32-23)20-10-12-33(16-20)27(37)29-14-19-6-4-3-5-7-19/h3-9,11,13,15,20,35H,10,12,14,16H2,1-2H3,(H,29,37)(H,31,36)(H,28,30,32)/t20-/m1/s1. The van der Waals surface area contributed by atoms with Gasteiger partial charge in [-0.1, -0.05) is 47.7 Å². The van der Waals surface area contributed by atoms with Crippen molar-refractivity contribution in [3.8, 4) is 5.75 Å². The zero-order valence-corrected chi connectivity index (χ0v) is 22.0.